The minimum Gasteiger partial charge on any atom is -0.506 e. The summed E-state index contributed by atoms with van der Waals surface area (Å²) in [7, 11) is 0. The van der Waals surface area contributed by atoms with Crippen molar-refractivity contribution < 1.29 is 19.5 Å². The zero-order valence-electron chi connectivity index (χ0n) is 18.3. The number of phenols is 1. The van der Waals surface area contributed by atoms with E-state index in [1.807, 2.05) is 24.3 Å². The monoisotopic (exact) mass is 437 g/mol. The van der Waals surface area contributed by atoms with E-state index in [2.05, 4.69) is 10.6 Å². The largest absolute Gasteiger partial charge is 0.506 e. The molecule has 2 fully saturated rings. The Morgan fingerprint density at radius 1 is 0.875 bits per heavy atom. The maximum absolute atomic E-state index is 13.1. The molecule has 0 radical (unpaired) electrons. The number of carbonyl (C=O) groups excluding carboxylic acids is 3. The van der Waals surface area contributed by atoms with Crippen molar-refractivity contribution >= 4 is 28.5 Å². The molecule has 2 aliphatic rings. The summed E-state index contributed by atoms with van der Waals surface area (Å²) in [5.41, 5.74) is 0.211. The first-order valence-corrected chi connectivity index (χ1v) is 11.6. The van der Waals surface area contributed by atoms with Gasteiger partial charge in [0.15, 0.2) is 0 Å². The summed E-state index contributed by atoms with van der Waals surface area (Å²) in [6.45, 7) is 1.19. The number of aromatic hydroxyl groups is 1. The van der Waals surface area contributed by atoms with E-state index >= 15 is 0 Å². The SMILES string of the molecule is O=C(NCCNC(=O)C1CCCN1C(=O)c1ccc2ccccc2c1O)C1CCCCC1. The maximum atomic E-state index is 13.1. The first-order valence-electron chi connectivity index (χ1n) is 11.6. The Hall–Kier alpha value is -3.09. The Kier molecular flexibility index (Phi) is 6.93. The number of phenolic OH excluding ortho intramolecular Hbond substituents is 1. The molecule has 1 saturated carbocycles. The van der Waals surface area contributed by atoms with Crippen molar-refractivity contribution in [3.8, 4) is 5.75 Å². The highest BCUT2D eigenvalue weighted by Crippen LogP contribution is 2.31. The Bertz CT molecular complexity index is 1000. The molecular weight excluding hydrogens is 406 g/mol. The average molecular weight is 438 g/mol. The highest BCUT2D eigenvalue weighted by Gasteiger charge is 2.35. The van der Waals surface area contributed by atoms with Gasteiger partial charge in [-0.05, 0) is 37.1 Å². The number of benzene rings is 2. The van der Waals surface area contributed by atoms with Gasteiger partial charge in [0.1, 0.15) is 11.8 Å². The molecule has 7 heteroatoms. The fraction of sp³-hybridized carbons (Fsp3) is 0.480. The topological polar surface area (TPSA) is 98.7 Å². The van der Waals surface area contributed by atoms with Crippen LogP contribution in [0.2, 0.25) is 0 Å². The van der Waals surface area contributed by atoms with Gasteiger partial charge < -0.3 is 20.6 Å². The molecule has 1 heterocycles. The van der Waals surface area contributed by atoms with Gasteiger partial charge in [-0.25, -0.2) is 0 Å². The molecule has 32 heavy (non-hydrogen) atoms. The molecule has 4 rings (SSSR count). The van der Waals surface area contributed by atoms with Crippen molar-refractivity contribution in [3.63, 3.8) is 0 Å². The van der Waals surface area contributed by atoms with Crippen molar-refractivity contribution in [1.29, 1.82) is 0 Å². The smallest absolute Gasteiger partial charge is 0.258 e. The quantitative estimate of drug-likeness (QED) is 0.605. The van der Waals surface area contributed by atoms with Crippen molar-refractivity contribution in [2.24, 2.45) is 5.92 Å². The van der Waals surface area contributed by atoms with Crippen LogP contribution < -0.4 is 10.6 Å². The zero-order valence-corrected chi connectivity index (χ0v) is 18.3. The van der Waals surface area contributed by atoms with Crippen LogP contribution in [-0.4, -0.2) is 53.4 Å². The molecule has 1 unspecified atom stereocenters. The highest BCUT2D eigenvalue weighted by atomic mass is 16.3. The molecule has 0 spiro atoms. The molecule has 7 nitrogen and oxygen atoms in total. The average Bonchev–Trinajstić information content (AvgIpc) is 3.32. The number of likely N-dealkylation sites (tertiary alicyclic amines) is 1. The molecule has 1 aliphatic heterocycles. The van der Waals surface area contributed by atoms with Crippen molar-refractivity contribution in [2.45, 2.75) is 51.0 Å². The van der Waals surface area contributed by atoms with Crippen molar-refractivity contribution in [2.75, 3.05) is 19.6 Å². The van der Waals surface area contributed by atoms with Gasteiger partial charge in [0.2, 0.25) is 11.8 Å². The number of rotatable bonds is 6. The number of nitrogens with one attached hydrogen (secondary N) is 2. The van der Waals surface area contributed by atoms with E-state index in [1.54, 1.807) is 17.0 Å². The van der Waals surface area contributed by atoms with E-state index in [0.717, 1.165) is 37.5 Å². The summed E-state index contributed by atoms with van der Waals surface area (Å²) in [5.74, 6) is -0.440. The van der Waals surface area contributed by atoms with Crippen LogP contribution in [0, 0.1) is 5.92 Å². The minimum absolute atomic E-state index is 0.0513. The normalized spacial score (nSPS) is 19.1. The highest BCUT2D eigenvalue weighted by molar-refractivity contribution is 6.05. The lowest BCUT2D eigenvalue weighted by Gasteiger charge is -2.25. The number of nitrogens with zero attached hydrogens (tertiary/aromatic N) is 1. The standard InChI is InChI=1S/C25H31N3O4/c29-22-19-10-5-4-7-17(19)12-13-20(22)25(32)28-16-6-11-21(28)24(31)27-15-14-26-23(30)18-8-2-1-3-9-18/h4-5,7,10,12-13,18,21,29H,1-3,6,8-9,11,14-16H2,(H,26,30)(H,27,31). The first-order chi connectivity index (χ1) is 15.6. The van der Waals surface area contributed by atoms with Crippen molar-refractivity contribution in [1.82, 2.24) is 15.5 Å². The van der Waals surface area contributed by atoms with Crippen LogP contribution in [0.5, 0.6) is 5.75 Å². The number of amides is 3. The van der Waals surface area contributed by atoms with Crippen LogP contribution in [0.1, 0.15) is 55.3 Å². The molecule has 1 aliphatic carbocycles. The van der Waals surface area contributed by atoms with Gasteiger partial charge in [0.05, 0.1) is 5.56 Å². The van der Waals surface area contributed by atoms with E-state index in [0.29, 0.717) is 31.4 Å². The number of hydrogen-bond donors (Lipinski definition) is 3. The predicted octanol–water partition coefficient (Wildman–Crippen LogP) is 2.96. The summed E-state index contributed by atoms with van der Waals surface area (Å²) >= 11 is 0. The second-order valence-corrected chi connectivity index (χ2v) is 8.76. The fourth-order valence-electron chi connectivity index (χ4n) is 4.86. The predicted molar refractivity (Wildman–Crippen MR) is 122 cm³/mol. The van der Waals surface area contributed by atoms with E-state index in [-0.39, 0.29) is 35.0 Å². The lowest BCUT2D eigenvalue weighted by atomic mass is 9.89. The van der Waals surface area contributed by atoms with Crippen LogP contribution in [0.15, 0.2) is 36.4 Å². The third-order valence-corrected chi connectivity index (χ3v) is 6.65. The molecule has 2 aromatic carbocycles. The van der Waals surface area contributed by atoms with Crippen LogP contribution in [0.25, 0.3) is 10.8 Å². The van der Waals surface area contributed by atoms with Gasteiger partial charge in [0.25, 0.3) is 5.91 Å². The van der Waals surface area contributed by atoms with E-state index in [9.17, 15) is 19.5 Å². The summed E-state index contributed by atoms with van der Waals surface area (Å²) in [6.07, 6.45) is 6.61. The second-order valence-electron chi connectivity index (χ2n) is 8.76. The van der Waals surface area contributed by atoms with E-state index < -0.39 is 6.04 Å². The van der Waals surface area contributed by atoms with Gasteiger partial charge in [-0.15, -0.1) is 0 Å². The minimum atomic E-state index is -0.567. The Morgan fingerprint density at radius 3 is 2.38 bits per heavy atom. The lowest BCUT2D eigenvalue weighted by Crippen LogP contribution is -2.47. The molecule has 3 amide bonds. The summed E-state index contributed by atoms with van der Waals surface area (Å²) in [6, 6.07) is 10.2. The molecule has 3 N–H and O–H groups in total. The van der Waals surface area contributed by atoms with Gasteiger partial charge >= 0.3 is 0 Å². The molecule has 1 saturated heterocycles. The van der Waals surface area contributed by atoms with Crippen LogP contribution in [-0.2, 0) is 9.59 Å². The van der Waals surface area contributed by atoms with Crippen LogP contribution >= 0.6 is 0 Å². The van der Waals surface area contributed by atoms with Gasteiger partial charge in [-0.2, -0.15) is 0 Å². The molecule has 0 bridgehead atoms. The second kappa shape index (κ2) is 10.0. The summed E-state index contributed by atoms with van der Waals surface area (Å²) in [5, 5.41) is 17.9. The van der Waals surface area contributed by atoms with Gasteiger partial charge in [-0.1, -0.05) is 49.6 Å². The summed E-state index contributed by atoms with van der Waals surface area (Å²) in [4.78, 5) is 39.7. The first kappa shape index (κ1) is 22.1. The van der Waals surface area contributed by atoms with E-state index in [1.165, 1.54) is 6.42 Å². The van der Waals surface area contributed by atoms with Gasteiger partial charge in [0, 0.05) is 30.9 Å². The maximum Gasteiger partial charge on any atom is 0.258 e. The Balaban J connectivity index is 1.33. The molecular formula is C25H31N3O4. The number of hydrogen-bond acceptors (Lipinski definition) is 4. The molecule has 2 aromatic rings. The summed E-state index contributed by atoms with van der Waals surface area (Å²) < 4.78 is 0. The van der Waals surface area contributed by atoms with E-state index in [4.69, 9.17) is 0 Å². The fourth-order valence-corrected chi connectivity index (χ4v) is 4.86. The van der Waals surface area contributed by atoms with Gasteiger partial charge in [-0.3, -0.25) is 14.4 Å². The molecule has 1 atom stereocenters. The number of carbonyl (C=O) groups is 3. The van der Waals surface area contributed by atoms with Crippen LogP contribution in [0.4, 0.5) is 0 Å². The van der Waals surface area contributed by atoms with Crippen LogP contribution in [0.3, 0.4) is 0 Å². The lowest BCUT2D eigenvalue weighted by molar-refractivity contribution is -0.127. The Labute approximate surface area is 188 Å². The molecule has 0 aromatic heterocycles. The molecule has 170 valence electrons. The Morgan fingerprint density at radius 2 is 1.59 bits per heavy atom. The zero-order chi connectivity index (χ0) is 22.5. The third kappa shape index (κ3) is 4.71. The third-order valence-electron chi connectivity index (χ3n) is 6.65. The number of fused-ring (bicyclic) bond motifs is 1. The van der Waals surface area contributed by atoms with Crippen molar-refractivity contribution in [3.05, 3.63) is 42.0 Å².